The van der Waals surface area contributed by atoms with Gasteiger partial charge in [-0.15, -0.1) is 0 Å². The SMILES string of the molecule is CSCC1CC(C(C)SC)[S+]1. The molecule has 1 heterocycles. The highest BCUT2D eigenvalue weighted by Crippen LogP contribution is 2.30. The minimum absolute atomic E-state index is 0.859. The Bertz CT molecular complexity index is 110. The number of thioether (sulfide) groups is 3. The van der Waals surface area contributed by atoms with E-state index in [1.807, 2.05) is 23.5 Å². The first-order valence-electron chi connectivity index (χ1n) is 3.95. The lowest BCUT2D eigenvalue weighted by molar-refractivity contribution is 0.688. The molecule has 0 aromatic carbocycles. The van der Waals surface area contributed by atoms with Crippen LogP contribution in [-0.2, 0) is 11.8 Å². The first-order chi connectivity index (χ1) is 5.27. The molecule has 0 aromatic heterocycles. The summed E-state index contributed by atoms with van der Waals surface area (Å²) >= 11 is 6.17. The Balaban J connectivity index is 2.08. The summed E-state index contributed by atoms with van der Waals surface area (Å²) in [6.45, 7) is 2.34. The van der Waals surface area contributed by atoms with Gasteiger partial charge in [0.05, 0.1) is 11.7 Å². The molecule has 3 unspecified atom stereocenters. The molecule has 1 radical (unpaired) electrons. The predicted molar refractivity (Wildman–Crippen MR) is 60.9 cm³/mol. The third-order valence-corrected chi connectivity index (χ3v) is 6.00. The summed E-state index contributed by atoms with van der Waals surface area (Å²) in [6.07, 6.45) is 5.87. The zero-order valence-corrected chi connectivity index (χ0v) is 9.82. The maximum absolute atomic E-state index is 2.34. The fraction of sp³-hybridized carbons (Fsp3) is 1.00. The van der Waals surface area contributed by atoms with Crippen LogP contribution in [0.4, 0.5) is 0 Å². The summed E-state index contributed by atoms with van der Waals surface area (Å²) in [6, 6.07) is 0. The standard InChI is InChI=1S/C8H16S3/c1-6(10-3)8-4-7(11-8)5-9-2/h6-8H,4-5H2,1-3H3/q+1. The normalized spacial score (nSPS) is 33.0. The molecule has 0 spiro atoms. The van der Waals surface area contributed by atoms with Crippen molar-refractivity contribution in [2.75, 3.05) is 18.3 Å². The van der Waals surface area contributed by atoms with Gasteiger partial charge in [-0.2, -0.15) is 23.5 Å². The average Bonchev–Trinajstić information content (AvgIpc) is 1.94. The van der Waals surface area contributed by atoms with Crippen molar-refractivity contribution >= 4 is 35.3 Å². The van der Waals surface area contributed by atoms with Gasteiger partial charge in [-0.25, -0.2) is 0 Å². The van der Waals surface area contributed by atoms with Crippen LogP contribution in [0.3, 0.4) is 0 Å². The molecule has 0 aliphatic carbocycles. The smallest absolute Gasteiger partial charge is 0.160 e. The second-order valence-corrected chi connectivity index (χ2v) is 6.60. The van der Waals surface area contributed by atoms with E-state index in [4.69, 9.17) is 0 Å². The van der Waals surface area contributed by atoms with Crippen LogP contribution in [0.5, 0.6) is 0 Å². The van der Waals surface area contributed by atoms with E-state index in [0.717, 1.165) is 15.7 Å². The Hall–Kier alpha value is 1.05. The lowest BCUT2D eigenvalue weighted by Gasteiger charge is -2.23. The number of hydrogen-bond acceptors (Lipinski definition) is 3. The van der Waals surface area contributed by atoms with E-state index in [-0.39, 0.29) is 0 Å². The second-order valence-electron chi connectivity index (χ2n) is 2.93. The summed E-state index contributed by atoms with van der Waals surface area (Å²) in [4.78, 5) is 0. The van der Waals surface area contributed by atoms with Gasteiger partial charge < -0.3 is 0 Å². The summed E-state index contributed by atoms with van der Waals surface area (Å²) in [5, 5.41) is 2.77. The van der Waals surface area contributed by atoms with Gasteiger partial charge >= 0.3 is 0 Å². The Kier molecular flexibility index (Phi) is 4.54. The highest BCUT2D eigenvalue weighted by atomic mass is 32.2. The van der Waals surface area contributed by atoms with Crippen LogP contribution in [-0.4, -0.2) is 34.0 Å². The Morgan fingerprint density at radius 1 is 1.55 bits per heavy atom. The molecule has 1 aliphatic rings. The number of rotatable bonds is 4. The molecule has 1 saturated heterocycles. The van der Waals surface area contributed by atoms with E-state index >= 15 is 0 Å². The molecular formula is C8H16S3+. The third kappa shape index (κ3) is 2.78. The van der Waals surface area contributed by atoms with Crippen LogP contribution in [0.2, 0.25) is 0 Å². The molecule has 0 saturated carbocycles. The van der Waals surface area contributed by atoms with Crippen LogP contribution in [0.25, 0.3) is 0 Å². The van der Waals surface area contributed by atoms with Crippen LogP contribution in [0, 0.1) is 0 Å². The van der Waals surface area contributed by atoms with Crippen molar-refractivity contribution in [3.05, 3.63) is 0 Å². The van der Waals surface area contributed by atoms with Crippen molar-refractivity contribution in [1.82, 2.24) is 0 Å². The van der Waals surface area contributed by atoms with E-state index in [2.05, 4.69) is 31.2 Å². The Labute approximate surface area is 82.7 Å². The van der Waals surface area contributed by atoms with Gasteiger partial charge in [0.15, 0.2) is 10.5 Å². The lowest BCUT2D eigenvalue weighted by atomic mass is 10.2. The van der Waals surface area contributed by atoms with Crippen molar-refractivity contribution < 1.29 is 0 Å². The van der Waals surface area contributed by atoms with Gasteiger partial charge in [-0.1, -0.05) is 0 Å². The molecule has 0 nitrogen and oxygen atoms in total. The highest BCUT2D eigenvalue weighted by molar-refractivity contribution is 8.00. The van der Waals surface area contributed by atoms with Crippen LogP contribution < -0.4 is 0 Å². The van der Waals surface area contributed by atoms with Gasteiger partial charge in [0.1, 0.15) is 0 Å². The Morgan fingerprint density at radius 3 is 2.64 bits per heavy atom. The largest absolute Gasteiger partial charge is 0.206 e. The predicted octanol–water partition coefficient (Wildman–Crippen LogP) is 2.32. The molecule has 0 bridgehead atoms. The molecule has 1 fully saturated rings. The molecule has 0 amide bonds. The minimum Gasteiger partial charge on any atom is -0.160 e. The molecule has 1 aliphatic heterocycles. The van der Waals surface area contributed by atoms with E-state index in [1.54, 1.807) is 0 Å². The molecule has 65 valence electrons. The van der Waals surface area contributed by atoms with Crippen molar-refractivity contribution in [1.29, 1.82) is 0 Å². The molecule has 11 heavy (non-hydrogen) atoms. The molecule has 3 atom stereocenters. The van der Waals surface area contributed by atoms with Crippen LogP contribution >= 0.6 is 23.5 Å². The fourth-order valence-corrected chi connectivity index (χ4v) is 4.43. The first-order valence-corrected chi connectivity index (χ1v) is 7.57. The Morgan fingerprint density at radius 2 is 2.18 bits per heavy atom. The minimum atomic E-state index is 0.859. The third-order valence-electron chi connectivity index (χ3n) is 2.11. The maximum Gasteiger partial charge on any atom is 0.206 e. The molecular weight excluding hydrogens is 192 g/mol. The second kappa shape index (κ2) is 4.93. The quantitative estimate of drug-likeness (QED) is 0.651. The fourth-order valence-electron chi connectivity index (χ4n) is 1.24. The van der Waals surface area contributed by atoms with Crippen molar-refractivity contribution in [2.24, 2.45) is 0 Å². The molecule has 1 rings (SSSR count). The maximum atomic E-state index is 2.34. The molecule has 0 N–H and O–H groups in total. The van der Waals surface area contributed by atoms with Crippen molar-refractivity contribution in [3.8, 4) is 0 Å². The summed E-state index contributed by atoms with van der Waals surface area (Å²) in [7, 11) is 0. The van der Waals surface area contributed by atoms with Crippen LogP contribution in [0.1, 0.15) is 13.3 Å². The van der Waals surface area contributed by atoms with E-state index in [0.29, 0.717) is 0 Å². The van der Waals surface area contributed by atoms with Gasteiger partial charge in [-0.05, 0) is 19.4 Å². The average molecular weight is 208 g/mol. The first kappa shape index (κ1) is 10.1. The lowest BCUT2D eigenvalue weighted by Crippen LogP contribution is -2.43. The van der Waals surface area contributed by atoms with Crippen molar-refractivity contribution in [3.63, 3.8) is 0 Å². The van der Waals surface area contributed by atoms with E-state index < -0.39 is 0 Å². The van der Waals surface area contributed by atoms with Gasteiger partial charge in [-0.3, -0.25) is 0 Å². The van der Waals surface area contributed by atoms with Gasteiger partial charge in [0.25, 0.3) is 0 Å². The highest BCUT2D eigenvalue weighted by Gasteiger charge is 2.47. The van der Waals surface area contributed by atoms with E-state index in [1.165, 1.54) is 12.2 Å². The summed E-state index contributed by atoms with van der Waals surface area (Å²) < 4.78 is 0. The molecule has 0 aromatic rings. The van der Waals surface area contributed by atoms with Crippen molar-refractivity contribution in [2.45, 2.75) is 29.1 Å². The zero-order valence-electron chi connectivity index (χ0n) is 7.37. The summed E-state index contributed by atoms with van der Waals surface area (Å²) in [5.41, 5.74) is 0. The van der Waals surface area contributed by atoms with Gasteiger partial charge in [0, 0.05) is 5.75 Å². The van der Waals surface area contributed by atoms with Gasteiger partial charge in [0.2, 0.25) is 11.8 Å². The monoisotopic (exact) mass is 208 g/mol. The van der Waals surface area contributed by atoms with Crippen LogP contribution in [0.15, 0.2) is 0 Å². The molecule has 3 heteroatoms. The summed E-state index contributed by atoms with van der Waals surface area (Å²) in [5.74, 6) is 1.35. The number of hydrogen-bond donors (Lipinski definition) is 0. The topological polar surface area (TPSA) is 0 Å². The zero-order chi connectivity index (χ0) is 8.27. The van der Waals surface area contributed by atoms with E-state index in [9.17, 15) is 0 Å².